The predicted molar refractivity (Wildman–Crippen MR) is 78.5 cm³/mol. The van der Waals surface area contributed by atoms with Crippen molar-refractivity contribution in [2.45, 2.75) is 10.6 Å². The van der Waals surface area contributed by atoms with Crippen molar-refractivity contribution in [1.29, 1.82) is 0 Å². The van der Waals surface area contributed by atoms with E-state index in [0.717, 1.165) is 12.1 Å². The summed E-state index contributed by atoms with van der Waals surface area (Å²) < 4.78 is 24.8. The lowest BCUT2D eigenvalue weighted by Gasteiger charge is -2.09. The minimum Gasteiger partial charge on any atom is -0.478 e. The Balaban J connectivity index is 2.53. The Bertz CT molecular complexity index is 791. The fourth-order valence-corrected chi connectivity index (χ4v) is 4.02. The van der Waals surface area contributed by atoms with E-state index in [-0.39, 0.29) is 26.3 Å². The van der Waals surface area contributed by atoms with Crippen LogP contribution in [0.3, 0.4) is 0 Å². The van der Waals surface area contributed by atoms with Crippen molar-refractivity contribution < 1.29 is 18.3 Å². The summed E-state index contributed by atoms with van der Waals surface area (Å²) in [4.78, 5) is 14.6. The summed E-state index contributed by atoms with van der Waals surface area (Å²) in [6.45, 7) is 0. The van der Waals surface area contributed by atoms with Crippen LogP contribution in [0.4, 0.5) is 0 Å². The number of benzene rings is 1. The fourth-order valence-electron chi connectivity index (χ4n) is 1.72. The Hall–Kier alpha value is -1.63. The lowest BCUT2D eigenvalue weighted by atomic mass is 10.2. The smallest absolute Gasteiger partial charge is 0.337 e. The van der Waals surface area contributed by atoms with Crippen molar-refractivity contribution in [3.05, 3.63) is 57.8 Å². The van der Waals surface area contributed by atoms with Crippen LogP contribution in [0.25, 0.3) is 0 Å². The van der Waals surface area contributed by atoms with Crippen LogP contribution >= 0.6 is 23.2 Å². The molecule has 1 aromatic heterocycles. The molecule has 110 valence electrons. The summed E-state index contributed by atoms with van der Waals surface area (Å²) in [6, 6.07) is 5.35. The Kier molecular flexibility index (Phi) is 4.51. The van der Waals surface area contributed by atoms with Gasteiger partial charge in [-0.25, -0.2) is 13.2 Å². The molecule has 5 nitrogen and oxygen atoms in total. The predicted octanol–water partition coefficient (Wildman–Crippen LogP) is 3.06. The van der Waals surface area contributed by atoms with Gasteiger partial charge in [0.1, 0.15) is 0 Å². The van der Waals surface area contributed by atoms with Crippen molar-refractivity contribution in [1.82, 2.24) is 4.98 Å². The molecule has 0 aliphatic carbocycles. The van der Waals surface area contributed by atoms with Gasteiger partial charge in [0, 0.05) is 17.4 Å². The number of hydrogen-bond donors (Lipinski definition) is 1. The molecule has 0 saturated heterocycles. The zero-order chi connectivity index (χ0) is 15.6. The number of hydrogen-bond acceptors (Lipinski definition) is 4. The molecule has 1 N–H and O–H groups in total. The van der Waals surface area contributed by atoms with Gasteiger partial charge in [-0.1, -0.05) is 23.2 Å². The van der Waals surface area contributed by atoms with Gasteiger partial charge in [0.2, 0.25) is 0 Å². The summed E-state index contributed by atoms with van der Waals surface area (Å²) in [5.74, 6) is -1.67. The first kappa shape index (κ1) is 15.8. The maximum absolute atomic E-state index is 12.4. The first-order valence-electron chi connectivity index (χ1n) is 5.65. The highest BCUT2D eigenvalue weighted by atomic mass is 35.5. The second-order valence-corrected chi connectivity index (χ2v) is 6.96. The number of aromatic carboxylic acids is 1. The number of pyridine rings is 1. The van der Waals surface area contributed by atoms with Gasteiger partial charge >= 0.3 is 5.97 Å². The van der Waals surface area contributed by atoms with E-state index in [1.54, 1.807) is 12.1 Å². The van der Waals surface area contributed by atoms with Gasteiger partial charge in [0.05, 0.1) is 21.2 Å². The number of nitrogens with zero attached hydrogens (tertiary/aromatic N) is 1. The van der Waals surface area contributed by atoms with E-state index < -0.39 is 15.8 Å². The van der Waals surface area contributed by atoms with Crippen molar-refractivity contribution in [3.8, 4) is 0 Å². The highest BCUT2D eigenvalue weighted by Gasteiger charge is 2.24. The molecule has 2 rings (SSSR count). The number of rotatable bonds is 4. The average Bonchev–Trinajstić information content (AvgIpc) is 2.41. The number of carboxylic acids is 1. The number of halogens is 2. The highest BCUT2D eigenvalue weighted by molar-refractivity contribution is 7.90. The van der Waals surface area contributed by atoms with Crippen molar-refractivity contribution >= 4 is 39.0 Å². The van der Waals surface area contributed by atoms with E-state index in [1.807, 2.05) is 0 Å². The molecule has 1 aromatic carbocycles. The van der Waals surface area contributed by atoms with Crippen LogP contribution in [0.1, 0.15) is 15.9 Å². The molecule has 0 amide bonds. The number of sulfone groups is 1. The molecule has 8 heteroatoms. The van der Waals surface area contributed by atoms with Gasteiger partial charge < -0.3 is 5.11 Å². The van der Waals surface area contributed by atoms with E-state index in [9.17, 15) is 13.2 Å². The van der Waals surface area contributed by atoms with E-state index >= 15 is 0 Å². The minimum atomic E-state index is -3.83. The van der Waals surface area contributed by atoms with Crippen LogP contribution in [0.5, 0.6) is 0 Å². The average molecular weight is 346 g/mol. The molecule has 0 saturated carbocycles. The molecule has 1 heterocycles. The molecule has 0 aliphatic heterocycles. The molecular weight excluding hydrogens is 337 g/mol. The largest absolute Gasteiger partial charge is 0.478 e. The van der Waals surface area contributed by atoms with Crippen molar-refractivity contribution in [3.63, 3.8) is 0 Å². The molecule has 0 fully saturated rings. The molecule has 2 aromatic rings. The second-order valence-electron chi connectivity index (χ2n) is 4.19. The van der Waals surface area contributed by atoms with Gasteiger partial charge in [0.15, 0.2) is 9.84 Å². The van der Waals surface area contributed by atoms with E-state index in [1.165, 1.54) is 12.4 Å². The Morgan fingerprint density at radius 1 is 1.19 bits per heavy atom. The van der Waals surface area contributed by atoms with Crippen molar-refractivity contribution in [2.24, 2.45) is 0 Å². The topological polar surface area (TPSA) is 84.3 Å². The maximum Gasteiger partial charge on any atom is 0.337 e. The molecule has 0 bridgehead atoms. The summed E-state index contributed by atoms with van der Waals surface area (Å²) >= 11 is 11.7. The third-order valence-corrected chi connectivity index (χ3v) is 5.12. The van der Waals surface area contributed by atoms with E-state index in [0.29, 0.717) is 5.56 Å². The monoisotopic (exact) mass is 345 g/mol. The molecule has 0 spiro atoms. The van der Waals surface area contributed by atoms with Gasteiger partial charge in [-0.05, 0) is 29.8 Å². The Labute approximate surface area is 131 Å². The van der Waals surface area contributed by atoms with Crippen LogP contribution < -0.4 is 0 Å². The highest BCUT2D eigenvalue weighted by Crippen LogP contribution is 2.31. The standard InChI is InChI=1S/C13H9Cl2NO4S/c14-9-5-10(13(17)18)12(15)11(6-9)21(19,20)7-8-1-3-16-4-2-8/h1-6H,7H2,(H,17,18). The second kappa shape index (κ2) is 6.01. The fraction of sp³-hybridized carbons (Fsp3) is 0.0769. The van der Waals surface area contributed by atoms with Crippen LogP contribution in [0.15, 0.2) is 41.6 Å². The van der Waals surface area contributed by atoms with Crippen LogP contribution in [-0.2, 0) is 15.6 Å². The zero-order valence-electron chi connectivity index (χ0n) is 10.5. The summed E-state index contributed by atoms with van der Waals surface area (Å²) in [5, 5.41) is 8.67. The summed E-state index contributed by atoms with van der Waals surface area (Å²) in [5.41, 5.74) is 0.162. The first-order valence-corrected chi connectivity index (χ1v) is 8.06. The van der Waals surface area contributed by atoms with E-state index in [4.69, 9.17) is 28.3 Å². The normalized spacial score (nSPS) is 11.3. The van der Waals surface area contributed by atoms with Gasteiger partial charge in [-0.2, -0.15) is 0 Å². The van der Waals surface area contributed by atoms with Crippen LogP contribution in [0, 0.1) is 0 Å². The third kappa shape index (κ3) is 3.53. The SMILES string of the molecule is O=C(O)c1cc(Cl)cc(S(=O)(=O)Cc2ccncc2)c1Cl. The van der Waals surface area contributed by atoms with Gasteiger partial charge in [-0.15, -0.1) is 0 Å². The molecule has 0 atom stereocenters. The van der Waals surface area contributed by atoms with Crippen molar-refractivity contribution in [2.75, 3.05) is 0 Å². The van der Waals surface area contributed by atoms with Crippen LogP contribution in [-0.4, -0.2) is 24.5 Å². The maximum atomic E-state index is 12.4. The Morgan fingerprint density at radius 3 is 2.38 bits per heavy atom. The lowest BCUT2D eigenvalue weighted by Crippen LogP contribution is -2.09. The molecule has 0 aliphatic rings. The molecule has 21 heavy (non-hydrogen) atoms. The lowest BCUT2D eigenvalue weighted by molar-refractivity contribution is 0.0697. The number of aromatic nitrogens is 1. The van der Waals surface area contributed by atoms with E-state index in [2.05, 4.69) is 4.98 Å². The molecule has 0 unspecified atom stereocenters. The Morgan fingerprint density at radius 2 is 1.81 bits per heavy atom. The number of carboxylic acid groups (broad SMARTS) is 1. The quantitative estimate of drug-likeness (QED) is 0.920. The molecular formula is C13H9Cl2NO4S. The number of carbonyl (C=O) groups is 1. The van der Waals surface area contributed by atoms with Gasteiger partial charge in [-0.3, -0.25) is 4.98 Å². The van der Waals surface area contributed by atoms with Crippen LogP contribution in [0.2, 0.25) is 10.0 Å². The minimum absolute atomic E-state index is 0.00916. The van der Waals surface area contributed by atoms with Gasteiger partial charge in [0.25, 0.3) is 0 Å². The molecule has 0 radical (unpaired) electrons. The zero-order valence-corrected chi connectivity index (χ0v) is 12.8. The summed E-state index contributed by atoms with van der Waals surface area (Å²) in [7, 11) is -3.83. The third-order valence-electron chi connectivity index (χ3n) is 2.68. The summed E-state index contributed by atoms with van der Waals surface area (Å²) in [6.07, 6.45) is 2.93. The first-order chi connectivity index (χ1) is 9.81.